The van der Waals surface area contributed by atoms with Gasteiger partial charge >= 0.3 is 5.97 Å². The van der Waals surface area contributed by atoms with E-state index in [4.69, 9.17) is 5.11 Å². The molecule has 2 aromatic carbocycles. The van der Waals surface area contributed by atoms with E-state index in [1.54, 1.807) is 24.3 Å². The van der Waals surface area contributed by atoms with Crippen LogP contribution in [0.5, 0.6) is 0 Å². The minimum atomic E-state index is -1.02. The van der Waals surface area contributed by atoms with E-state index in [-0.39, 0.29) is 5.91 Å². The molecule has 0 unspecified atom stereocenters. The number of benzene rings is 2. The number of rotatable bonds is 4. The number of carboxylic acids is 1. The molecule has 1 amide bonds. The molecule has 0 fully saturated rings. The summed E-state index contributed by atoms with van der Waals surface area (Å²) in [6.07, 6.45) is 2.52. The average molecular weight is 281 g/mol. The molecule has 21 heavy (non-hydrogen) atoms. The first-order valence-electron chi connectivity index (χ1n) is 6.44. The number of hydrogen-bond acceptors (Lipinski definition) is 2. The van der Waals surface area contributed by atoms with Crippen molar-refractivity contribution in [2.75, 3.05) is 5.32 Å². The fraction of sp³-hybridized carbons (Fsp3) is 0.0588. The van der Waals surface area contributed by atoms with Crippen LogP contribution in [0, 0.1) is 6.92 Å². The molecule has 0 radical (unpaired) electrons. The first-order chi connectivity index (χ1) is 10.0. The number of hydrogen-bond donors (Lipinski definition) is 2. The Bertz CT molecular complexity index is 690. The summed E-state index contributed by atoms with van der Waals surface area (Å²) in [5.74, 6) is -1.25. The molecule has 4 nitrogen and oxygen atoms in total. The van der Waals surface area contributed by atoms with Crippen LogP contribution in [0.4, 0.5) is 5.69 Å². The Morgan fingerprint density at radius 2 is 1.81 bits per heavy atom. The molecule has 0 atom stereocenters. The van der Waals surface area contributed by atoms with Crippen molar-refractivity contribution in [2.45, 2.75) is 6.92 Å². The molecule has 4 heteroatoms. The molecule has 0 aliphatic carbocycles. The molecule has 0 bridgehead atoms. The van der Waals surface area contributed by atoms with Crippen LogP contribution in [0.25, 0.3) is 6.08 Å². The van der Waals surface area contributed by atoms with E-state index in [2.05, 4.69) is 5.32 Å². The van der Waals surface area contributed by atoms with Gasteiger partial charge in [0.1, 0.15) is 0 Å². The van der Waals surface area contributed by atoms with E-state index in [0.29, 0.717) is 16.8 Å². The number of carbonyl (C=O) groups excluding carboxylic acids is 1. The van der Waals surface area contributed by atoms with Crippen LogP contribution in [0.1, 0.15) is 21.5 Å². The van der Waals surface area contributed by atoms with Gasteiger partial charge in [0.05, 0.1) is 0 Å². The van der Waals surface area contributed by atoms with Crippen molar-refractivity contribution in [1.82, 2.24) is 0 Å². The molecule has 0 saturated carbocycles. The molecule has 2 rings (SSSR count). The van der Waals surface area contributed by atoms with Crippen LogP contribution in [-0.2, 0) is 4.79 Å². The van der Waals surface area contributed by atoms with Crippen LogP contribution < -0.4 is 5.32 Å². The van der Waals surface area contributed by atoms with Crippen LogP contribution in [0.15, 0.2) is 54.6 Å². The summed E-state index contributed by atoms with van der Waals surface area (Å²) in [7, 11) is 0. The second kappa shape index (κ2) is 6.52. The minimum Gasteiger partial charge on any atom is -0.478 e. The van der Waals surface area contributed by atoms with Gasteiger partial charge in [-0.05, 0) is 48.4 Å². The van der Waals surface area contributed by atoms with Gasteiger partial charge in [-0.1, -0.05) is 24.3 Å². The summed E-state index contributed by atoms with van der Waals surface area (Å²) in [6.45, 7) is 1.86. The lowest BCUT2D eigenvalue weighted by Gasteiger charge is -2.07. The van der Waals surface area contributed by atoms with Gasteiger partial charge in [0.15, 0.2) is 0 Å². The zero-order valence-electron chi connectivity index (χ0n) is 11.5. The monoisotopic (exact) mass is 281 g/mol. The molecule has 0 spiro atoms. The van der Waals surface area contributed by atoms with Crippen molar-refractivity contribution < 1.29 is 14.7 Å². The van der Waals surface area contributed by atoms with Gasteiger partial charge in [-0.3, -0.25) is 4.79 Å². The summed E-state index contributed by atoms with van der Waals surface area (Å²) < 4.78 is 0. The van der Waals surface area contributed by atoms with Gasteiger partial charge in [-0.25, -0.2) is 4.79 Å². The van der Waals surface area contributed by atoms with E-state index in [0.717, 1.165) is 11.6 Å². The van der Waals surface area contributed by atoms with Crippen molar-refractivity contribution >= 4 is 23.6 Å². The number of amides is 1. The van der Waals surface area contributed by atoms with E-state index in [9.17, 15) is 9.59 Å². The number of aryl methyl sites for hydroxylation is 1. The third-order valence-electron chi connectivity index (χ3n) is 2.81. The molecular weight excluding hydrogens is 266 g/mol. The summed E-state index contributed by atoms with van der Waals surface area (Å²) in [5, 5.41) is 11.4. The predicted octanol–water partition coefficient (Wildman–Crippen LogP) is 3.35. The van der Waals surface area contributed by atoms with E-state index in [1.165, 1.54) is 6.08 Å². The topological polar surface area (TPSA) is 66.4 Å². The Kier molecular flexibility index (Phi) is 4.51. The van der Waals surface area contributed by atoms with Gasteiger partial charge < -0.3 is 10.4 Å². The molecule has 0 heterocycles. The van der Waals surface area contributed by atoms with Gasteiger partial charge in [-0.15, -0.1) is 0 Å². The van der Waals surface area contributed by atoms with E-state index >= 15 is 0 Å². The zero-order valence-corrected chi connectivity index (χ0v) is 11.5. The van der Waals surface area contributed by atoms with Crippen LogP contribution in [0.2, 0.25) is 0 Å². The highest BCUT2D eigenvalue weighted by Gasteiger charge is 2.07. The lowest BCUT2D eigenvalue weighted by Crippen LogP contribution is -2.12. The largest absolute Gasteiger partial charge is 0.478 e. The number of anilines is 1. The van der Waals surface area contributed by atoms with E-state index in [1.807, 2.05) is 31.2 Å². The van der Waals surface area contributed by atoms with Crippen LogP contribution in [0.3, 0.4) is 0 Å². The lowest BCUT2D eigenvalue weighted by molar-refractivity contribution is -0.131. The fourth-order valence-electron chi connectivity index (χ4n) is 1.93. The van der Waals surface area contributed by atoms with Crippen molar-refractivity contribution in [1.29, 1.82) is 0 Å². The van der Waals surface area contributed by atoms with Gasteiger partial charge in [0.2, 0.25) is 0 Å². The minimum absolute atomic E-state index is 0.227. The van der Waals surface area contributed by atoms with Crippen molar-refractivity contribution in [2.24, 2.45) is 0 Å². The average Bonchev–Trinajstić information content (AvgIpc) is 2.45. The number of carbonyl (C=O) groups is 2. The third-order valence-corrected chi connectivity index (χ3v) is 2.81. The van der Waals surface area contributed by atoms with Gasteiger partial charge in [0, 0.05) is 17.3 Å². The Labute approximate surface area is 122 Å². The summed E-state index contributed by atoms with van der Waals surface area (Å²) in [6, 6.07) is 14.4. The van der Waals surface area contributed by atoms with Crippen molar-refractivity contribution in [3.8, 4) is 0 Å². The Morgan fingerprint density at radius 3 is 2.48 bits per heavy atom. The Balaban J connectivity index is 2.23. The van der Waals surface area contributed by atoms with Gasteiger partial charge in [-0.2, -0.15) is 0 Å². The molecule has 0 aliphatic rings. The van der Waals surface area contributed by atoms with Crippen LogP contribution in [-0.4, -0.2) is 17.0 Å². The quantitative estimate of drug-likeness (QED) is 0.845. The molecule has 0 saturated heterocycles. The van der Waals surface area contributed by atoms with Crippen LogP contribution >= 0.6 is 0 Å². The normalized spacial score (nSPS) is 10.5. The lowest BCUT2D eigenvalue weighted by atomic mass is 10.1. The maximum atomic E-state index is 12.2. The Hall–Kier alpha value is -2.88. The second-order valence-corrected chi connectivity index (χ2v) is 4.62. The Morgan fingerprint density at radius 1 is 1.10 bits per heavy atom. The number of carboxylic acid groups (broad SMARTS) is 1. The maximum Gasteiger partial charge on any atom is 0.328 e. The number of nitrogens with one attached hydrogen (secondary N) is 1. The standard InChI is InChI=1S/C17H15NO3/c1-12-9-13(7-8-16(19)20)11-14(10-12)17(21)18-15-5-3-2-4-6-15/h2-11H,1H3,(H,18,21)(H,19,20)/b8-7+. The molecular formula is C17H15NO3. The summed E-state index contributed by atoms with van der Waals surface area (Å²) >= 11 is 0. The maximum absolute atomic E-state index is 12.2. The molecule has 2 N–H and O–H groups in total. The zero-order chi connectivity index (χ0) is 15.2. The molecule has 0 aromatic heterocycles. The van der Waals surface area contributed by atoms with Crippen molar-refractivity contribution in [3.05, 3.63) is 71.3 Å². The highest BCUT2D eigenvalue weighted by molar-refractivity contribution is 6.04. The summed E-state index contributed by atoms with van der Waals surface area (Å²) in [4.78, 5) is 22.8. The SMILES string of the molecule is Cc1cc(/C=C/C(=O)O)cc(C(=O)Nc2ccccc2)c1. The van der Waals surface area contributed by atoms with E-state index < -0.39 is 5.97 Å². The highest BCUT2D eigenvalue weighted by Crippen LogP contribution is 2.14. The van der Waals surface area contributed by atoms with Gasteiger partial charge in [0.25, 0.3) is 5.91 Å². The summed E-state index contributed by atoms with van der Waals surface area (Å²) in [5.41, 5.74) is 2.77. The molecule has 0 aliphatic heterocycles. The number of para-hydroxylation sites is 1. The smallest absolute Gasteiger partial charge is 0.328 e. The predicted molar refractivity (Wildman–Crippen MR) is 82.2 cm³/mol. The van der Waals surface area contributed by atoms with Crippen molar-refractivity contribution in [3.63, 3.8) is 0 Å². The number of aliphatic carboxylic acids is 1. The first kappa shape index (κ1) is 14.5. The highest BCUT2D eigenvalue weighted by atomic mass is 16.4. The molecule has 2 aromatic rings. The third kappa shape index (κ3) is 4.31. The second-order valence-electron chi connectivity index (χ2n) is 4.62. The fourth-order valence-corrected chi connectivity index (χ4v) is 1.93. The molecule has 106 valence electrons. The first-order valence-corrected chi connectivity index (χ1v) is 6.44.